The molecule has 0 aliphatic heterocycles. The SMILES string of the molecule is CC1C#CC2C(C)(C)C2(C(=O)O)C1. The molecule has 0 bridgehead atoms. The van der Waals surface area contributed by atoms with Crippen molar-refractivity contribution in [2.45, 2.75) is 27.2 Å². The Morgan fingerprint density at radius 1 is 1.46 bits per heavy atom. The van der Waals surface area contributed by atoms with E-state index in [0.717, 1.165) is 0 Å². The first-order chi connectivity index (χ1) is 5.93. The van der Waals surface area contributed by atoms with Crippen molar-refractivity contribution >= 4 is 5.97 Å². The van der Waals surface area contributed by atoms with Gasteiger partial charge in [-0.25, -0.2) is 0 Å². The van der Waals surface area contributed by atoms with Gasteiger partial charge in [0.2, 0.25) is 0 Å². The van der Waals surface area contributed by atoms with Crippen LogP contribution in [0.1, 0.15) is 27.2 Å². The molecule has 2 aliphatic carbocycles. The van der Waals surface area contributed by atoms with Gasteiger partial charge in [-0.1, -0.05) is 32.6 Å². The summed E-state index contributed by atoms with van der Waals surface area (Å²) >= 11 is 0. The molecular formula is C11H14O2. The average molecular weight is 178 g/mol. The minimum absolute atomic E-state index is 0.0775. The van der Waals surface area contributed by atoms with Gasteiger partial charge < -0.3 is 5.11 Å². The van der Waals surface area contributed by atoms with Gasteiger partial charge in [-0.3, -0.25) is 4.79 Å². The van der Waals surface area contributed by atoms with E-state index in [-0.39, 0.29) is 17.3 Å². The van der Waals surface area contributed by atoms with E-state index in [1.54, 1.807) is 0 Å². The zero-order valence-electron chi connectivity index (χ0n) is 8.22. The molecule has 70 valence electrons. The molecule has 0 heterocycles. The number of carboxylic acid groups (broad SMARTS) is 1. The van der Waals surface area contributed by atoms with Crippen LogP contribution in [-0.4, -0.2) is 11.1 Å². The lowest BCUT2D eigenvalue weighted by atomic mass is 9.85. The third-order valence-corrected chi connectivity index (χ3v) is 3.76. The molecule has 0 saturated heterocycles. The Kier molecular flexibility index (Phi) is 1.39. The highest BCUT2D eigenvalue weighted by Gasteiger charge is 2.76. The molecule has 2 nitrogen and oxygen atoms in total. The maximum atomic E-state index is 11.2. The molecule has 3 unspecified atom stereocenters. The van der Waals surface area contributed by atoms with Crippen LogP contribution in [0, 0.1) is 34.5 Å². The second-order valence-corrected chi connectivity index (χ2v) is 4.83. The van der Waals surface area contributed by atoms with Crippen molar-refractivity contribution in [3.8, 4) is 11.8 Å². The van der Waals surface area contributed by atoms with Gasteiger partial charge in [0.05, 0.1) is 5.41 Å². The molecule has 2 heteroatoms. The molecule has 1 fully saturated rings. The van der Waals surface area contributed by atoms with Crippen LogP contribution in [0.3, 0.4) is 0 Å². The molecule has 1 N–H and O–H groups in total. The molecule has 0 aromatic rings. The van der Waals surface area contributed by atoms with Crippen LogP contribution in [0.4, 0.5) is 0 Å². The highest BCUT2D eigenvalue weighted by Crippen LogP contribution is 2.72. The van der Waals surface area contributed by atoms with Gasteiger partial charge in [-0.05, 0) is 11.8 Å². The summed E-state index contributed by atoms with van der Waals surface area (Å²) in [5.41, 5.74) is -0.672. The maximum absolute atomic E-state index is 11.2. The molecule has 1 saturated carbocycles. The quantitative estimate of drug-likeness (QED) is 0.621. The van der Waals surface area contributed by atoms with Gasteiger partial charge in [-0.2, -0.15) is 0 Å². The topological polar surface area (TPSA) is 37.3 Å². The third-order valence-electron chi connectivity index (χ3n) is 3.76. The van der Waals surface area contributed by atoms with E-state index in [0.29, 0.717) is 6.42 Å². The number of hydrogen-bond acceptors (Lipinski definition) is 1. The summed E-state index contributed by atoms with van der Waals surface area (Å²) in [6.45, 7) is 6.03. The number of aliphatic carboxylic acids is 1. The van der Waals surface area contributed by atoms with E-state index in [2.05, 4.69) is 11.8 Å². The van der Waals surface area contributed by atoms with Crippen molar-refractivity contribution in [1.82, 2.24) is 0 Å². The van der Waals surface area contributed by atoms with E-state index < -0.39 is 11.4 Å². The summed E-state index contributed by atoms with van der Waals surface area (Å²) in [5.74, 6) is 5.83. The van der Waals surface area contributed by atoms with Crippen LogP contribution in [0.5, 0.6) is 0 Å². The summed E-state index contributed by atoms with van der Waals surface area (Å²) in [4.78, 5) is 11.2. The lowest BCUT2D eigenvalue weighted by Gasteiger charge is -2.18. The van der Waals surface area contributed by atoms with E-state index in [1.807, 2.05) is 20.8 Å². The van der Waals surface area contributed by atoms with Crippen LogP contribution in [0.25, 0.3) is 0 Å². The van der Waals surface area contributed by atoms with Crippen LogP contribution < -0.4 is 0 Å². The zero-order valence-corrected chi connectivity index (χ0v) is 8.22. The van der Waals surface area contributed by atoms with E-state index in [1.165, 1.54) is 0 Å². The van der Waals surface area contributed by atoms with Crippen LogP contribution in [0.15, 0.2) is 0 Å². The fourth-order valence-electron chi connectivity index (χ4n) is 2.78. The van der Waals surface area contributed by atoms with Crippen LogP contribution >= 0.6 is 0 Å². The first kappa shape index (κ1) is 8.62. The van der Waals surface area contributed by atoms with Crippen molar-refractivity contribution in [3.63, 3.8) is 0 Å². The Labute approximate surface area is 78.3 Å². The second kappa shape index (κ2) is 2.09. The second-order valence-electron chi connectivity index (χ2n) is 4.83. The number of carbonyl (C=O) groups is 1. The fourth-order valence-corrected chi connectivity index (χ4v) is 2.78. The van der Waals surface area contributed by atoms with Crippen molar-refractivity contribution in [1.29, 1.82) is 0 Å². The Balaban J connectivity index is 2.41. The molecule has 0 aromatic heterocycles. The Bertz CT molecular complexity index is 332. The smallest absolute Gasteiger partial charge is 0.311 e. The zero-order chi connectivity index (χ0) is 9.85. The van der Waals surface area contributed by atoms with Gasteiger partial charge in [0, 0.05) is 11.8 Å². The summed E-state index contributed by atoms with van der Waals surface area (Å²) in [5, 5.41) is 9.22. The number of hydrogen-bond donors (Lipinski definition) is 1. The highest BCUT2D eigenvalue weighted by atomic mass is 16.4. The number of rotatable bonds is 1. The van der Waals surface area contributed by atoms with E-state index in [4.69, 9.17) is 0 Å². The molecule has 3 atom stereocenters. The number of carboxylic acids is 1. The first-order valence-corrected chi connectivity index (χ1v) is 4.67. The lowest BCUT2D eigenvalue weighted by molar-refractivity contribution is -0.145. The predicted octanol–water partition coefficient (Wildman–Crippen LogP) is 1.76. The van der Waals surface area contributed by atoms with Crippen LogP contribution in [-0.2, 0) is 4.79 Å². The Hall–Kier alpha value is -0.970. The Morgan fingerprint density at radius 2 is 2.08 bits per heavy atom. The monoisotopic (exact) mass is 178 g/mol. The van der Waals surface area contributed by atoms with Gasteiger partial charge in [0.1, 0.15) is 0 Å². The van der Waals surface area contributed by atoms with E-state index >= 15 is 0 Å². The Morgan fingerprint density at radius 3 is 2.54 bits per heavy atom. The minimum Gasteiger partial charge on any atom is -0.481 e. The van der Waals surface area contributed by atoms with Crippen molar-refractivity contribution in [2.75, 3.05) is 0 Å². The normalized spacial score (nSPS) is 44.2. The molecule has 0 aromatic carbocycles. The maximum Gasteiger partial charge on any atom is 0.311 e. The van der Waals surface area contributed by atoms with Crippen molar-refractivity contribution in [2.24, 2.45) is 22.7 Å². The molecular weight excluding hydrogens is 164 g/mol. The van der Waals surface area contributed by atoms with Gasteiger partial charge in [0.15, 0.2) is 0 Å². The van der Waals surface area contributed by atoms with Crippen LogP contribution in [0.2, 0.25) is 0 Å². The molecule has 2 rings (SSSR count). The van der Waals surface area contributed by atoms with Crippen molar-refractivity contribution in [3.05, 3.63) is 0 Å². The summed E-state index contributed by atoms with van der Waals surface area (Å²) < 4.78 is 0. The first-order valence-electron chi connectivity index (χ1n) is 4.67. The summed E-state index contributed by atoms with van der Waals surface area (Å²) in [6.07, 6.45) is 0.715. The molecule has 0 radical (unpaired) electrons. The van der Waals surface area contributed by atoms with Gasteiger partial charge >= 0.3 is 5.97 Å². The third kappa shape index (κ3) is 0.777. The molecule has 0 spiro atoms. The fraction of sp³-hybridized carbons (Fsp3) is 0.727. The van der Waals surface area contributed by atoms with Gasteiger partial charge in [-0.15, -0.1) is 0 Å². The lowest BCUT2D eigenvalue weighted by Crippen LogP contribution is -2.25. The number of fused-ring (bicyclic) bond motifs is 1. The van der Waals surface area contributed by atoms with E-state index in [9.17, 15) is 9.90 Å². The minimum atomic E-state index is -0.664. The summed E-state index contributed by atoms with van der Waals surface area (Å²) in [6, 6.07) is 0. The average Bonchev–Trinajstić information content (AvgIpc) is 2.50. The van der Waals surface area contributed by atoms with Crippen molar-refractivity contribution < 1.29 is 9.90 Å². The standard InChI is InChI=1S/C11H14O2/c1-7-4-5-8-10(2,3)11(8,6-7)9(12)13/h7-8H,6H2,1-3H3,(H,12,13). The highest BCUT2D eigenvalue weighted by molar-refractivity contribution is 5.82. The summed E-state index contributed by atoms with van der Waals surface area (Å²) in [7, 11) is 0. The van der Waals surface area contributed by atoms with Gasteiger partial charge in [0.25, 0.3) is 0 Å². The largest absolute Gasteiger partial charge is 0.481 e. The molecule has 0 amide bonds. The molecule has 2 aliphatic rings. The molecule has 13 heavy (non-hydrogen) atoms. The predicted molar refractivity (Wildman–Crippen MR) is 48.9 cm³/mol.